The van der Waals surface area contributed by atoms with E-state index in [0.29, 0.717) is 11.1 Å². The van der Waals surface area contributed by atoms with E-state index < -0.39 is 0 Å². The molecule has 0 aromatic heterocycles. The van der Waals surface area contributed by atoms with Gasteiger partial charge in [-0.1, -0.05) is 40.9 Å². The second-order valence-electron chi connectivity index (χ2n) is 7.00. The molecule has 0 aliphatic carbocycles. The Morgan fingerprint density at radius 1 is 0.964 bits per heavy atom. The van der Waals surface area contributed by atoms with E-state index >= 15 is 0 Å². The van der Waals surface area contributed by atoms with E-state index in [4.69, 9.17) is 34.8 Å². The number of rotatable bonds is 2. The molecule has 1 unspecified atom stereocenters. The van der Waals surface area contributed by atoms with E-state index in [0.717, 1.165) is 41.7 Å². The van der Waals surface area contributed by atoms with Gasteiger partial charge in [-0.25, -0.2) is 4.79 Å². The number of nitrogens with one attached hydrogen (secondary N) is 1. The number of halogens is 3. The zero-order valence-corrected chi connectivity index (χ0v) is 18.1. The molecule has 2 saturated heterocycles. The summed E-state index contributed by atoms with van der Waals surface area (Å²) in [6.45, 7) is 2.68. The molecule has 4 nitrogen and oxygen atoms in total. The molecule has 2 fully saturated rings. The molecule has 2 aromatic carbocycles. The van der Waals surface area contributed by atoms with Crippen molar-refractivity contribution < 1.29 is 4.79 Å². The Morgan fingerprint density at radius 3 is 2.25 bits per heavy atom. The van der Waals surface area contributed by atoms with Crippen molar-refractivity contribution in [2.45, 2.75) is 25.3 Å². The third kappa shape index (κ3) is 5.25. The second-order valence-corrected chi connectivity index (χ2v) is 8.28. The third-order valence-electron chi connectivity index (χ3n) is 5.05. The number of likely N-dealkylation sites (N-methyl/N-ethyl adjacent to an activating group) is 1. The van der Waals surface area contributed by atoms with Gasteiger partial charge >= 0.3 is 6.03 Å². The van der Waals surface area contributed by atoms with Crippen molar-refractivity contribution in [1.29, 1.82) is 0 Å². The number of hydrogen-bond donors (Lipinski definition) is 1. The van der Waals surface area contributed by atoms with Gasteiger partial charge in [0.2, 0.25) is 0 Å². The predicted molar refractivity (Wildman–Crippen MR) is 118 cm³/mol. The molecular formula is C21H24Cl3N3O. The van der Waals surface area contributed by atoms with E-state index in [-0.39, 0.29) is 6.03 Å². The third-order valence-corrected chi connectivity index (χ3v) is 5.87. The van der Waals surface area contributed by atoms with E-state index in [2.05, 4.69) is 22.3 Å². The first-order chi connectivity index (χ1) is 13.5. The Balaban J connectivity index is 0.000000271. The monoisotopic (exact) mass is 439 g/mol. The van der Waals surface area contributed by atoms with Gasteiger partial charge in [-0.2, -0.15) is 0 Å². The molecule has 0 bridgehead atoms. The summed E-state index contributed by atoms with van der Waals surface area (Å²) in [5, 5.41) is 4.84. The number of carbonyl (C=O) groups excluding carboxylic acids is 1. The Morgan fingerprint density at radius 2 is 1.68 bits per heavy atom. The average Bonchev–Trinajstić information content (AvgIpc) is 3.06. The molecule has 2 heterocycles. The lowest BCUT2D eigenvalue weighted by molar-refractivity contribution is 0.226. The maximum absolute atomic E-state index is 10.4. The summed E-state index contributed by atoms with van der Waals surface area (Å²) in [5.74, 6) is 0. The van der Waals surface area contributed by atoms with Gasteiger partial charge in [0.15, 0.2) is 0 Å². The van der Waals surface area contributed by atoms with E-state index in [1.165, 1.54) is 18.5 Å². The van der Waals surface area contributed by atoms with Crippen LogP contribution in [0.5, 0.6) is 0 Å². The highest BCUT2D eigenvalue weighted by Gasteiger charge is 2.26. The first-order valence-electron chi connectivity index (χ1n) is 9.42. The molecule has 0 spiro atoms. The maximum Gasteiger partial charge on any atom is 0.317 e. The molecule has 0 radical (unpaired) electrons. The van der Waals surface area contributed by atoms with Gasteiger partial charge < -0.3 is 15.1 Å². The number of carbonyl (C=O) groups is 1. The fourth-order valence-corrected chi connectivity index (χ4v) is 4.20. The Kier molecular flexibility index (Phi) is 7.33. The highest BCUT2D eigenvalue weighted by molar-refractivity contribution is 6.35. The topological polar surface area (TPSA) is 35.6 Å². The van der Waals surface area contributed by atoms with Gasteiger partial charge in [-0.15, -0.1) is 0 Å². The first kappa shape index (κ1) is 21.1. The average molecular weight is 441 g/mol. The summed E-state index contributed by atoms with van der Waals surface area (Å²) in [5.41, 5.74) is 2.34. The lowest BCUT2D eigenvalue weighted by Crippen LogP contribution is -2.33. The van der Waals surface area contributed by atoms with Crippen LogP contribution in [-0.2, 0) is 0 Å². The van der Waals surface area contributed by atoms with Crippen LogP contribution in [0.15, 0.2) is 42.5 Å². The van der Waals surface area contributed by atoms with Gasteiger partial charge in [-0.3, -0.25) is 0 Å². The van der Waals surface area contributed by atoms with Crippen LogP contribution in [0.1, 0.15) is 30.9 Å². The molecule has 150 valence electrons. The summed E-state index contributed by atoms with van der Waals surface area (Å²) < 4.78 is 0. The molecule has 2 amide bonds. The van der Waals surface area contributed by atoms with Gasteiger partial charge in [0.1, 0.15) is 0 Å². The van der Waals surface area contributed by atoms with Crippen LogP contribution in [0.3, 0.4) is 0 Å². The second kappa shape index (κ2) is 9.73. The normalized spacial score (nSPS) is 19.1. The van der Waals surface area contributed by atoms with E-state index in [9.17, 15) is 4.79 Å². The molecule has 2 aliphatic heterocycles. The minimum atomic E-state index is 0.0417. The number of piperidine rings is 1. The molecule has 7 heteroatoms. The SMILES string of the molecule is CN1CCNC1=O.Clc1ccc(N2CCCCC2c2ccc(Cl)cc2Cl)cc1. The first-order valence-corrected chi connectivity index (χ1v) is 10.5. The van der Waals surface area contributed by atoms with Crippen LogP contribution in [0.4, 0.5) is 10.5 Å². The van der Waals surface area contributed by atoms with Gasteiger partial charge in [0.05, 0.1) is 6.04 Å². The summed E-state index contributed by atoms with van der Waals surface area (Å²) in [6.07, 6.45) is 3.52. The maximum atomic E-state index is 10.4. The summed E-state index contributed by atoms with van der Waals surface area (Å²) >= 11 is 18.4. The van der Waals surface area contributed by atoms with E-state index in [1.807, 2.05) is 30.3 Å². The lowest BCUT2D eigenvalue weighted by Gasteiger charge is -2.38. The van der Waals surface area contributed by atoms with Crippen molar-refractivity contribution in [3.63, 3.8) is 0 Å². The highest BCUT2D eigenvalue weighted by Crippen LogP contribution is 2.38. The summed E-state index contributed by atoms with van der Waals surface area (Å²) in [4.78, 5) is 14.5. The molecule has 2 aliphatic rings. The molecule has 0 saturated carbocycles. The lowest BCUT2D eigenvalue weighted by atomic mass is 9.94. The number of nitrogens with zero attached hydrogens (tertiary/aromatic N) is 2. The fourth-order valence-electron chi connectivity index (χ4n) is 3.54. The molecular weight excluding hydrogens is 417 g/mol. The zero-order valence-electron chi connectivity index (χ0n) is 15.8. The molecule has 1 atom stereocenters. The zero-order chi connectivity index (χ0) is 20.1. The van der Waals surface area contributed by atoms with Crippen LogP contribution in [-0.4, -0.2) is 37.6 Å². The minimum Gasteiger partial charge on any atom is -0.364 e. The standard InChI is InChI=1S/C17H16Cl3N.C4H8N2O/c18-12-4-7-14(8-5-12)21-10-2-1-3-17(21)15-9-6-13(19)11-16(15)20;1-6-3-2-5-4(6)7/h4-9,11,17H,1-3,10H2;2-3H2,1H3,(H,5,7). The van der Waals surface area contributed by atoms with Crippen LogP contribution < -0.4 is 10.2 Å². The van der Waals surface area contributed by atoms with E-state index in [1.54, 1.807) is 11.9 Å². The van der Waals surface area contributed by atoms with Crippen molar-refractivity contribution in [1.82, 2.24) is 10.2 Å². The molecule has 1 N–H and O–H groups in total. The van der Waals surface area contributed by atoms with Crippen LogP contribution in [0, 0.1) is 0 Å². The number of urea groups is 1. The molecule has 2 aromatic rings. The molecule has 28 heavy (non-hydrogen) atoms. The predicted octanol–water partition coefficient (Wildman–Crippen LogP) is 6.02. The summed E-state index contributed by atoms with van der Waals surface area (Å²) in [7, 11) is 1.78. The molecule has 4 rings (SSSR count). The number of benzene rings is 2. The van der Waals surface area contributed by atoms with Crippen molar-refractivity contribution >= 4 is 46.5 Å². The highest BCUT2D eigenvalue weighted by atomic mass is 35.5. The summed E-state index contributed by atoms with van der Waals surface area (Å²) in [6, 6.07) is 14.1. The van der Waals surface area contributed by atoms with Gasteiger partial charge in [0, 0.05) is 47.4 Å². The quantitative estimate of drug-likeness (QED) is 0.620. The largest absolute Gasteiger partial charge is 0.364 e. The number of hydrogen-bond acceptors (Lipinski definition) is 2. The van der Waals surface area contributed by atoms with Gasteiger partial charge in [0.25, 0.3) is 0 Å². The number of amides is 2. The Bertz CT molecular complexity index is 813. The van der Waals surface area contributed by atoms with Crippen molar-refractivity contribution in [2.24, 2.45) is 0 Å². The van der Waals surface area contributed by atoms with Gasteiger partial charge in [-0.05, 0) is 61.2 Å². The smallest absolute Gasteiger partial charge is 0.317 e. The van der Waals surface area contributed by atoms with Crippen LogP contribution in [0.2, 0.25) is 15.1 Å². The van der Waals surface area contributed by atoms with Crippen molar-refractivity contribution in [3.8, 4) is 0 Å². The Labute approximate surface area is 181 Å². The minimum absolute atomic E-state index is 0.0417. The van der Waals surface area contributed by atoms with Crippen LogP contribution >= 0.6 is 34.8 Å². The van der Waals surface area contributed by atoms with Crippen molar-refractivity contribution in [3.05, 3.63) is 63.1 Å². The Hall–Kier alpha value is -1.62. The van der Waals surface area contributed by atoms with Crippen molar-refractivity contribution in [2.75, 3.05) is 31.6 Å². The van der Waals surface area contributed by atoms with Crippen LogP contribution in [0.25, 0.3) is 0 Å². The fraction of sp³-hybridized carbons (Fsp3) is 0.381. The number of anilines is 1.